The number of hydrogen-bond donors (Lipinski definition) is 2. The monoisotopic (exact) mass is 380 g/mol. The van der Waals surface area contributed by atoms with Gasteiger partial charge in [-0.15, -0.1) is 0 Å². The van der Waals surface area contributed by atoms with Crippen molar-refractivity contribution in [2.24, 2.45) is 23.2 Å². The Kier molecular flexibility index (Phi) is 3.75. The van der Waals surface area contributed by atoms with E-state index in [1.165, 1.54) is 38.5 Å². The van der Waals surface area contributed by atoms with Gasteiger partial charge in [0.25, 0.3) is 0 Å². The molecule has 0 radical (unpaired) electrons. The van der Waals surface area contributed by atoms with Gasteiger partial charge >= 0.3 is 5.91 Å². The summed E-state index contributed by atoms with van der Waals surface area (Å²) >= 11 is 3.15. The average molecular weight is 381 g/mol. The van der Waals surface area contributed by atoms with Gasteiger partial charge in [0.2, 0.25) is 5.91 Å². The van der Waals surface area contributed by atoms with Gasteiger partial charge in [-0.2, -0.15) is 0 Å². The first-order valence-electron chi connectivity index (χ1n) is 8.36. The molecule has 0 spiro atoms. The molecule has 124 valence electrons. The Hall–Kier alpha value is -1.30. The highest BCUT2D eigenvalue weighted by Gasteiger charge is 2.51. The standard InChI is InChI=1S/C17H21BrN2O3/c18-14-2-1-13(23-14)16(22)20-19-15(21)9-17-6-10-3-11(7-17)5-12(4-10)8-17/h1-2,10-12H,3-9H2,(H,19,21)(H,20,22). The number of rotatable bonds is 3. The Labute approximate surface area is 143 Å². The average Bonchev–Trinajstić information content (AvgIpc) is 2.89. The summed E-state index contributed by atoms with van der Waals surface area (Å²) in [5.74, 6) is 2.12. The van der Waals surface area contributed by atoms with Gasteiger partial charge in [0.15, 0.2) is 10.4 Å². The Morgan fingerprint density at radius 2 is 1.70 bits per heavy atom. The molecule has 4 aliphatic carbocycles. The lowest BCUT2D eigenvalue weighted by atomic mass is 9.49. The molecule has 0 unspecified atom stereocenters. The topological polar surface area (TPSA) is 71.3 Å². The maximum absolute atomic E-state index is 12.3. The first kappa shape index (κ1) is 15.2. The second-order valence-corrected chi connectivity index (χ2v) is 8.48. The zero-order chi connectivity index (χ0) is 16.0. The molecule has 1 aromatic rings. The van der Waals surface area contributed by atoms with E-state index in [0.29, 0.717) is 11.1 Å². The van der Waals surface area contributed by atoms with E-state index in [1.54, 1.807) is 12.1 Å². The summed E-state index contributed by atoms with van der Waals surface area (Å²) < 4.78 is 5.65. The van der Waals surface area contributed by atoms with E-state index >= 15 is 0 Å². The molecule has 2 N–H and O–H groups in total. The van der Waals surface area contributed by atoms with Gasteiger partial charge in [0.1, 0.15) is 0 Å². The Balaban J connectivity index is 1.33. The van der Waals surface area contributed by atoms with Crippen molar-refractivity contribution in [1.29, 1.82) is 0 Å². The second-order valence-electron chi connectivity index (χ2n) is 7.70. The molecule has 4 bridgehead atoms. The van der Waals surface area contributed by atoms with Crippen molar-refractivity contribution in [3.63, 3.8) is 0 Å². The summed E-state index contributed by atoms with van der Waals surface area (Å²) in [7, 11) is 0. The normalized spacial score (nSPS) is 34.4. The molecule has 5 rings (SSSR count). The maximum Gasteiger partial charge on any atom is 0.305 e. The summed E-state index contributed by atoms with van der Waals surface area (Å²) in [5, 5.41) is 0. The molecule has 6 heteroatoms. The van der Waals surface area contributed by atoms with E-state index in [1.807, 2.05) is 0 Å². The van der Waals surface area contributed by atoms with Gasteiger partial charge in [-0.1, -0.05) is 0 Å². The van der Waals surface area contributed by atoms with E-state index in [4.69, 9.17) is 4.42 Å². The van der Waals surface area contributed by atoms with Crippen LogP contribution in [0.4, 0.5) is 0 Å². The number of carbonyl (C=O) groups is 2. The molecule has 2 amide bonds. The molecule has 4 saturated carbocycles. The van der Waals surface area contributed by atoms with Gasteiger partial charge in [0, 0.05) is 6.42 Å². The summed E-state index contributed by atoms with van der Waals surface area (Å²) in [6.07, 6.45) is 8.18. The highest BCUT2D eigenvalue weighted by Crippen LogP contribution is 2.61. The Bertz CT molecular complexity index is 604. The van der Waals surface area contributed by atoms with Gasteiger partial charge in [-0.05, 0) is 89.8 Å². The largest absolute Gasteiger partial charge is 0.444 e. The number of hydrazine groups is 1. The van der Waals surface area contributed by atoms with Crippen molar-refractivity contribution in [1.82, 2.24) is 10.9 Å². The quantitative estimate of drug-likeness (QED) is 0.789. The van der Waals surface area contributed by atoms with Crippen LogP contribution in [0.5, 0.6) is 0 Å². The van der Waals surface area contributed by atoms with E-state index in [-0.39, 0.29) is 17.1 Å². The van der Waals surface area contributed by atoms with E-state index in [2.05, 4.69) is 26.8 Å². The van der Waals surface area contributed by atoms with E-state index in [9.17, 15) is 9.59 Å². The minimum Gasteiger partial charge on any atom is -0.444 e. The van der Waals surface area contributed by atoms with E-state index < -0.39 is 5.91 Å². The molecule has 4 fully saturated rings. The third-order valence-electron chi connectivity index (χ3n) is 5.81. The fraction of sp³-hybridized carbons (Fsp3) is 0.647. The van der Waals surface area contributed by atoms with Gasteiger partial charge in [0.05, 0.1) is 0 Å². The smallest absolute Gasteiger partial charge is 0.305 e. The van der Waals surface area contributed by atoms with E-state index in [0.717, 1.165) is 17.8 Å². The van der Waals surface area contributed by atoms with Crippen LogP contribution in [0.1, 0.15) is 55.5 Å². The molecule has 0 saturated heterocycles. The molecule has 1 heterocycles. The molecule has 1 aromatic heterocycles. The molecule has 0 aromatic carbocycles. The lowest BCUT2D eigenvalue weighted by Gasteiger charge is -2.56. The number of halogens is 1. The molecule has 5 nitrogen and oxygen atoms in total. The first-order chi connectivity index (χ1) is 11.0. The predicted octanol–water partition coefficient (Wildman–Crippen LogP) is 3.41. The lowest BCUT2D eigenvalue weighted by molar-refractivity contribution is -0.130. The number of amides is 2. The summed E-state index contributed by atoms with van der Waals surface area (Å²) in [6, 6.07) is 3.21. The number of furan rings is 1. The van der Waals surface area contributed by atoms with Crippen LogP contribution in [-0.2, 0) is 4.79 Å². The summed E-state index contributed by atoms with van der Waals surface area (Å²) in [5.41, 5.74) is 5.17. The highest BCUT2D eigenvalue weighted by molar-refractivity contribution is 9.10. The van der Waals surface area contributed by atoms with Crippen molar-refractivity contribution >= 4 is 27.7 Å². The third kappa shape index (κ3) is 3.05. The SMILES string of the molecule is O=C(CC12CC3CC(CC(C3)C1)C2)NNC(=O)c1ccc(Br)o1. The van der Waals surface area contributed by atoms with Crippen LogP contribution in [0.3, 0.4) is 0 Å². The van der Waals surface area contributed by atoms with Gasteiger partial charge < -0.3 is 4.42 Å². The summed E-state index contributed by atoms with van der Waals surface area (Å²) in [6.45, 7) is 0. The lowest BCUT2D eigenvalue weighted by Crippen LogP contribution is -2.50. The zero-order valence-electron chi connectivity index (χ0n) is 12.9. The van der Waals surface area contributed by atoms with Crippen LogP contribution in [0.15, 0.2) is 21.2 Å². The van der Waals surface area contributed by atoms with Crippen LogP contribution in [0.2, 0.25) is 0 Å². The fourth-order valence-electron chi connectivity index (χ4n) is 5.52. The second kappa shape index (κ2) is 5.65. The van der Waals surface area contributed by atoms with Crippen LogP contribution < -0.4 is 10.9 Å². The van der Waals surface area contributed by atoms with Gasteiger partial charge in [-0.25, -0.2) is 0 Å². The van der Waals surface area contributed by atoms with Crippen molar-refractivity contribution in [3.05, 3.63) is 22.6 Å². The van der Waals surface area contributed by atoms with Crippen LogP contribution in [0.25, 0.3) is 0 Å². The van der Waals surface area contributed by atoms with Crippen LogP contribution in [-0.4, -0.2) is 11.8 Å². The van der Waals surface area contributed by atoms with Crippen molar-refractivity contribution in [3.8, 4) is 0 Å². The zero-order valence-corrected chi connectivity index (χ0v) is 14.5. The molecule has 23 heavy (non-hydrogen) atoms. The van der Waals surface area contributed by atoms with Crippen molar-refractivity contribution < 1.29 is 14.0 Å². The fourth-order valence-corrected chi connectivity index (χ4v) is 5.82. The Morgan fingerprint density at radius 3 is 2.22 bits per heavy atom. The maximum atomic E-state index is 12.3. The number of carbonyl (C=O) groups excluding carboxylic acids is 2. The van der Waals surface area contributed by atoms with Crippen molar-refractivity contribution in [2.75, 3.05) is 0 Å². The molecule has 0 aliphatic heterocycles. The van der Waals surface area contributed by atoms with Crippen LogP contribution in [0, 0.1) is 23.2 Å². The molecular weight excluding hydrogens is 360 g/mol. The number of nitrogens with one attached hydrogen (secondary N) is 2. The minimum absolute atomic E-state index is 0.0917. The highest BCUT2D eigenvalue weighted by atomic mass is 79.9. The summed E-state index contributed by atoms with van der Waals surface area (Å²) in [4.78, 5) is 24.2. The number of hydrogen-bond acceptors (Lipinski definition) is 3. The van der Waals surface area contributed by atoms with Gasteiger partial charge in [-0.3, -0.25) is 20.4 Å². The van der Waals surface area contributed by atoms with Crippen molar-refractivity contribution in [2.45, 2.75) is 44.9 Å². The minimum atomic E-state index is -0.436. The molecule has 0 atom stereocenters. The molecular formula is C17H21BrN2O3. The Morgan fingerprint density at radius 1 is 1.09 bits per heavy atom. The third-order valence-corrected chi connectivity index (χ3v) is 6.24. The molecule has 4 aliphatic rings. The first-order valence-corrected chi connectivity index (χ1v) is 9.15. The predicted molar refractivity (Wildman–Crippen MR) is 87.2 cm³/mol. The van der Waals surface area contributed by atoms with Crippen LogP contribution >= 0.6 is 15.9 Å².